The highest BCUT2D eigenvalue weighted by Gasteiger charge is 2.27. The van der Waals surface area contributed by atoms with Crippen LogP contribution in [-0.2, 0) is 16.1 Å². The van der Waals surface area contributed by atoms with Crippen molar-refractivity contribution in [2.24, 2.45) is 0 Å². The summed E-state index contributed by atoms with van der Waals surface area (Å²) in [5, 5.41) is 13.5. The quantitative estimate of drug-likeness (QED) is 0.630. The molecule has 2 aliphatic rings. The van der Waals surface area contributed by atoms with Gasteiger partial charge in [0.25, 0.3) is 5.91 Å². The predicted octanol–water partition coefficient (Wildman–Crippen LogP) is 5.02. The molecule has 1 saturated carbocycles. The Balaban J connectivity index is 1.37. The molecule has 0 radical (unpaired) electrons. The van der Waals surface area contributed by atoms with Gasteiger partial charge in [-0.25, -0.2) is 0 Å². The average molecular weight is 407 g/mol. The molecule has 0 spiro atoms. The van der Waals surface area contributed by atoms with Crippen LogP contribution in [0.2, 0.25) is 0 Å². The van der Waals surface area contributed by atoms with Gasteiger partial charge in [0.2, 0.25) is 0 Å². The lowest BCUT2D eigenvalue weighted by atomic mass is 9.84. The zero-order chi connectivity index (χ0) is 20.8. The lowest BCUT2D eigenvalue weighted by Crippen LogP contribution is -2.40. The van der Waals surface area contributed by atoms with Crippen molar-refractivity contribution in [1.82, 2.24) is 5.48 Å². The molecule has 1 fully saturated rings. The summed E-state index contributed by atoms with van der Waals surface area (Å²) in [5.41, 5.74) is 6.39. The Labute approximate surface area is 178 Å². The summed E-state index contributed by atoms with van der Waals surface area (Å²) in [5.74, 6) is 0.385. The second-order valence-electron chi connectivity index (χ2n) is 8.26. The van der Waals surface area contributed by atoms with Crippen molar-refractivity contribution in [3.63, 3.8) is 0 Å². The summed E-state index contributed by atoms with van der Waals surface area (Å²) in [6.45, 7) is 0.0413. The van der Waals surface area contributed by atoms with Crippen molar-refractivity contribution in [3.8, 4) is 0 Å². The maximum atomic E-state index is 12.7. The minimum absolute atomic E-state index is 0.0413. The molecule has 5 heteroatoms. The van der Waals surface area contributed by atoms with E-state index in [1.54, 1.807) is 0 Å². The van der Waals surface area contributed by atoms with Crippen LogP contribution in [-0.4, -0.2) is 23.7 Å². The molecule has 0 saturated heterocycles. The Hall–Kier alpha value is -2.63. The fourth-order valence-corrected chi connectivity index (χ4v) is 4.37. The van der Waals surface area contributed by atoms with E-state index in [2.05, 4.69) is 35.1 Å². The minimum Gasteiger partial charge on any atom is -0.510 e. The molecule has 1 heterocycles. The smallest absolute Gasteiger partial charge is 0.257 e. The zero-order valence-electron chi connectivity index (χ0n) is 17.3. The van der Waals surface area contributed by atoms with Crippen LogP contribution >= 0.6 is 0 Å². The Morgan fingerprint density at radius 1 is 1.03 bits per heavy atom. The topological polar surface area (TPSA) is 70.6 Å². The Kier molecular flexibility index (Phi) is 6.82. The van der Waals surface area contributed by atoms with Gasteiger partial charge in [0.1, 0.15) is 12.4 Å². The number of nitrogens with one attached hydrogen (secondary N) is 2. The van der Waals surface area contributed by atoms with E-state index in [-0.39, 0.29) is 23.8 Å². The second-order valence-corrected chi connectivity index (χ2v) is 8.26. The summed E-state index contributed by atoms with van der Waals surface area (Å²) in [6.07, 6.45) is 7.87. The molecule has 30 heavy (non-hydrogen) atoms. The molecule has 0 unspecified atom stereocenters. The highest BCUT2D eigenvalue weighted by atomic mass is 16.6. The van der Waals surface area contributed by atoms with Crippen LogP contribution in [0.15, 0.2) is 65.9 Å². The number of rotatable bonds is 6. The van der Waals surface area contributed by atoms with Gasteiger partial charge in [-0.05, 0) is 54.9 Å². The van der Waals surface area contributed by atoms with Gasteiger partial charge < -0.3 is 10.4 Å². The third kappa shape index (κ3) is 5.10. The first-order chi connectivity index (χ1) is 14.7. The van der Waals surface area contributed by atoms with E-state index < -0.39 is 6.04 Å². The summed E-state index contributed by atoms with van der Waals surface area (Å²) < 4.78 is 0. The van der Waals surface area contributed by atoms with Crippen LogP contribution in [0.25, 0.3) is 0 Å². The molecule has 1 atom stereocenters. The van der Waals surface area contributed by atoms with Crippen LogP contribution in [0.4, 0.5) is 5.69 Å². The molecular weight excluding hydrogens is 376 g/mol. The molecule has 1 aliphatic heterocycles. The van der Waals surface area contributed by atoms with Gasteiger partial charge in [-0.1, -0.05) is 61.7 Å². The first-order valence-electron chi connectivity index (χ1n) is 11.0. The molecule has 2 aromatic carbocycles. The fourth-order valence-electron chi connectivity index (χ4n) is 4.37. The number of amides is 1. The molecular formula is C25H30N2O3. The molecule has 3 N–H and O–H groups in total. The number of aliphatic hydroxyl groups is 1. The van der Waals surface area contributed by atoms with E-state index >= 15 is 0 Å². The summed E-state index contributed by atoms with van der Waals surface area (Å²) in [4.78, 5) is 18.1. The molecule has 4 rings (SSSR count). The average Bonchev–Trinajstić information content (AvgIpc) is 2.80. The Morgan fingerprint density at radius 3 is 2.50 bits per heavy atom. The normalized spacial score (nSPS) is 20.2. The number of aryl methyl sites for hydroxylation is 1. The number of carbonyl (C=O) groups excluding carboxylic acids is 1. The van der Waals surface area contributed by atoms with Gasteiger partial charge in [-0.3, -0.25) is 9.63 Å². The second kappa shape index (κ2) is 9.92. The SMILES string of the molecule is O=C(Nc1ccc(C2CCCCC2)cc1)C1=C(O)[C@H](CCc2ccccc2)NOC1. The van der Waals surface area contributed by atoms with Gasteiger partial charge in [-0.2, -0.15) is 5.48 Å². The van der Waals surface area contributed by atoms with Crippen molar-refractivity contribution in [3.05, 3.63) is 77.1 Å². The largest absolute Gasteiger partial charge is 0.510 e. The van der Waals surface area contributed by atoms with E-state index in [1.165, 1.54) is 43.2 Å². The van der Waals surface area contributed by atoms with E-state index in [4.69, 9.17) is 4.84 Å². The van der Waals surface area contributed by atoms with Gasteiger partial charge in [0.05, 0.1) is 11.6 Å². The van der Waals surface area contributed by atoms with Crippen molar-refractivity contribution < 1.29 is 14.7 Å². The third-order valence-electron chi connectivity index (χ3n) is 6.17. The van der Waals surface area contributed by atoms with Crippen LogP contribution in [0.1, 0.15) is 55.6 Å². The maximum absolute atomic E-state index is 12.7. The Bertz CT molecular complexity index is 871. The van der Waals surface area contributed by atoms with Crippen LogP contribution in [0, 0.1) is 0 Å². The van der Waals surface area contributed by atoms with Gasteiger partial charge in [0, 0.05) is 5.69 Å². The summed E-state index contributed by atoms with van der Waals surface area (Å²) in [7, 11) is 0. The van der Waals surface area contributed by atoms with Crippen molar-refractivity contribution in [2.75, 3.05) is 11.9 Å². The molecule has 1 amide bonds. The molecule has 158 valence electrons. The van der Waals surface area contributed by atoms with Crippen molar-refractivity contribution >= 4 is 11.6 Å². The highest BCUT2D eigenvalue weighted by molar-refractivity contribution is 6.04. The number of anilines is 1. The number of carbonyl (C=O) groups is 1. The third-order valence-corrected chi connectivity index (χ3v) is 6.17. The van der Waals surface area contributed by atoms with E-state index in [9.17, 15) is 9.90 Å². The highest BCUT2D eigenvalue weighted by Crippen LogP contribution is 2.33. The number of hydrogen-bond donors (Lipinski definition) is 3. The molecule has 5 nitrogen and oxygen atoms in total. The van der Waals surface area contributed by atoms with Crippen molar-refractivity contribution in [2.45, 2.75) is 56.9 Å². The van der Waals surface area contributed by atoms with Crippen LogP contribution < -0.4 is 10.8 Å². The summed E-state index contributed by atoms with van der Waals surface area (Å²) >= 11 is 0. The zero-order valence-corrected chi connectivity index (χ0v) is 17.3. The molecule has 0 bridgehead atoms. The van der Waals surface area contributed by atoms with Crippen LogP contribution in [0.5, 0.6) is 0 Å². The minimum atomic E-state index is -0.395. The fraction of sp³-hybridized carbons (Fsp3) is 0.400. The molecule has 0 aromatic heterocycles. The van der Waals surface area contributed by atoms with Gasteiger partial charge in [-0.15, -0.1) is 0 Å². The predicted molar refractivity (Wildman–Crippen MR) is 118 cm³/mol. The van der Waals surface area contributed by atoms with Crippen molar-refractivity contribution in [1.29, 1.82) is 0 Å². The summed E-state index contributed by atoms with van der Waals surface area (Å²) in [6, 6.07) is 17.8. The van der Waals surface area contributed by atoms with E-state index in [0.717, 1.165) is 12.1 Å². The Morgan fingerprint density at radius 2 is 1.77 bits per heavy atom. The van der Waals surface area contributed by atoms with Crippen LogP contribution in [0.3, 0.4) is 0 Å². The molecule has 1 aliphatic carbocycles. The maximum Gasteiger partial charge on any atom is 0.257 e. The molecule has 2 aromatic rings. The van der Waals surface area contributed by atoms with E-state index in [0.29, 0.717) is 12.3 Å². The van der Waals surface area contributed by atoms with Gasteiger partial charge >= 0.3 is 0 Å². The monoisotopic (exact) mass is 406 g/mol. The lowest BCUT2D eigenvalue weighted by Gasteiger charge is -2.25. The van der Waals surface area contributed by atoms with Gasteiger partial charge in [0.15, 0.2) is 0 Å². The number of benzene rings is 2. The number of hydrogen-bond acceptors (Lipinski definition) is 4. The number of aliphatic hydroxyl groups excluding tert-OH is 1. The number of hydroxylamine groups is 1. The van der Waals surface area contributed by atoms with E-state index in [1.807, 2.05) is 30.3 Å². The standard InChI is InChI=1S/C25H30N2O3/c28-24-22(17-30-27-23(24)16-11-18-7-3-1-4-8-18)25(29)26-21-14-12-20(13-15-21)19-9-5-2-6-10-19/h1,3-4,7-8,12-15,19,23,27-28H,2,5-6,9-11,16-17H2,(H,26,29)/t23-/m0/s1. The first kappa shape index (κ1) is 20.6. The first-order valence-corrected chi connectivity index (χ1v) is 11.0. The lowest BCUT2D eigenvalue weighted by molar-refractivity contribution is -0.115.